The van der Waals surface area contributed by atoms with Gasteiger partial charge in [-0.3, -0.25) is 0 Å². The molecule has 54 valence electrons. The van der Waals surface area contributed by atoms with Crippen molar-refractivity contribution in [2.45, 2.75) is 33.2 Å². The summed E-state index contributed by atoms with van der Waals surface area (Å²) >= 11 is 0. The van der Waals surface area contributed by atoms with E-state index in [1.807, 2.05) is 0 Å². The maximum Gasteiger partial charge on any atom is 0.0141 e. The molecule has 0 aromatic heterocycles. The van der Waals surface area contributed by atoms with Gasteiger partial charge in [-0.2, -0.15) is 0 Å². The summed E-state index contributed by atoms with van der Waals surface area (Å²) < 4.78 is 0. The molecule has 1 fully saturated rings. The fourth-order valence-corrected chi connectivity index (χ4v) is 2.36. The molecule has 0 aromatic rings. The third kappa shape index (κ3) is 0.983. The van der Waals surface area contributed by atoms with Crippen LogP contribution >= 0.6 is 0 Å². The molecule has 1 heteroatoms. The second-order valence-electron chi connectivity index (χ2n) is 3.94. The monoisotopic (exact) mass is 127 g/mol. The Morgan fingerprint density at radius 1 is 1.44 bits per heavy atom. The van der Waals surface area contributed by atoms with Gasteiger partial charge in [0.2, 0.25) is 0 Å². The molecule has 0 bridgehead atoms. The van der Waals surface area contributed by atoms with Crippen LogP contribution in [-0.2, 0) is 0 Å². The van der Waals surface area contributed by atoms with Crippen LogP contribution in [0.2, 0.25) is 0 Å². The molecule has 0 amide bonds. The van der Waals surface area contributed by atoms with Gasteiger partial charge in [0.15, 0.2) is 0 Å². The third-order valence-corrected chi connectivity index (χ3v) is 2.57. The van der Waals surface area contributed by atoms with E-state index in [1.165, 1.54) is 6.42 Å². The number of nitrogens with one attached hydrogen (secondary N) is 1. The molecule has 1 N–H and O–H groups in total. The summed E-state index contributed by atoms with van der Waals surface area (Å²) in [5, 5.41) is 3.34. The highest BCUT2D eigenvalue weighted by Gasteiger charge is 2.43. The molecule has 1 nitrogen and oxygen atoms in total. The average molecular weight is 127 g/mol. The standard InChI is InChI=1S/C8H17N/c1-6-5-8(2,3)7(6)9-4/h6-7,9H,5H2,1-4H3. The quantitative estimate of drug-likeness (QED) is 0.564. The Bertz CT molecular complexity index is 107. The zero-order valence-corrected chi connectivity index (χ0v) is 6.86. The van der Waals surface area contributed by atoms with Crippen molar-refractivity contribution in [2.24, 2.45) is 11.3 Å². The maximum atomic E-state index is 3.34. The highest BCUT2D eigenvalue weighted by molar-refractivity contribution is 4.98. The lowest BCUT2D eigenvalue weighted by Crippen LogP contribution is -2.54. The highest BCUT2D eigenvalue weighted by atomic mass is 14.9. The average Bonchev–Trinajstić information content (AvgIpc) is 1.63. The van der Waals surface area contributed by atoms with Crippen molar-refractivity contribution in [3.05, 3.63) is 0 Å². The van der Waals surface area contributed by atoms with Gasteiger partial charge in [0, 0.05) is 6.04 Å². The first kappa shape index (κ1) is 7.07. The molecule has 0 heterocycles. The van der Waals surface area contributed by atoms with Gasteiger partial charge >= 0.3 is 0 Å². The van der Waals surface area contributed by atoms with Crippen LogP contribution in [-0.4, -0.2) is 13.1 Å². The van der Waals surface area contributed by atoms with E-state index in [0.717, 1.165) is 12.0 Å². The molecular formula is C8H17N. The molecule has 1 aliphatic rings. The van der Waals surface area contributed by atoms with Crippen molar-refractivity contribution < 1.29 is 0 Å². The molecule has 0 radical (unpaired) electrons. The Balaban J connectivity index is 2.48. The van der Waals surface area contributed by atoms with Crippen LogP contribution in [0, 0.1) is 11.3 Å². The van der Waals surface area contributed by atoms with Crippen molar-refractivity contribution in [1.29, 1.82) is 0 Å². The van der Waals surface area contributed by atoms with Gasteiger partial charge in [-0.25, -0.2) is 0 Å². The largest absolute Gasteiger partial charge is 0.316 e. The van der Waals surface area contributed by atoms with Crippen LogP contribution in [0.3, 0.4) is 0 Å². The second kappa shape index (κ2) is 1.98. The summed E-state index contributed by atoms with van der Waals surface area (Å²) in [5.74, 6) is 0.880. The number of hydrogen-bond acceptors (Lipinski definition) is 1. The van der Waals surface area contributed by atoms with E-state index < -0.39 is 0 Å². The Labute approximate surface area is 57.8 Å². The first-order valence-corrected chi connectivity index (χ1v) is 3.75. The van der Waals surface area contributed by atoms with Crippen LogP contribution in [0.15, 0.2) is 0 Å². The van der Waals surface area contributed by atoms with Crippen LogP contribution in [0.25, 0.3) is 0 Å². The van der Waals surface area contributed by atoms with Gasteiger partial charge in [0.1, 0.15) is 0 Å². The van der Waals surface area contributed by atoms with Crippen molar-refractivity contribution in [1.82, 2.24) is 5.32 Å². The predicted octanol–water partition coefficient (Wildman–Crippen LogP) is 1.64. The molecule has 0 aromatic carbocycles. The summed E-state index contributed by atoms with van der Waals surface area (Å²) in [7, 11) is 2.06. The summed E-state index contributed by atoms with van der Waals surface area (Å²) in [4.78, 5) is 0. The SMILES string of the molecule is CNC1C(C)CC1(C)C. The minimum absolute atomic E-state index is 0.550. The smallest absolute Gasteiger partial charge is 0.0141 e. The molecule has 0 aliphatic heterocycles. The van der Waals surface area contributed by atoms with E-state index in [2.05, 4.69) is 33.1 Å². The zero-order chi connectivity index (χ0) is 7.07. The second-order valence-corrected chi connectivity index (χ2v) is 3.94. The normalized spacial score (nSPS) is 40.0. The Hall–Kier alpha value is -0.0400. The van der Waals surface area contributed by atoms with Gasteiger partial charge in [-0.05, 0) is 24.8 Å². The van der Waals surface area contributed by atoms with Gasteiger partial charge in [-0.15, -0.1) is 0 Å². The fourth-order valence-electron chi connectivity index (χ4n) is 2.36. The van der Waals surface area contributed by atoms with Gasteiger partial charge < -0.3 is 5.32 Å². The van der Waals surface area contributed by atoms with E-state index in [0.29, 0.717) is 5.41 Å². The van der Waals surface area contributed by atoms with E-state index in [-0.39, 0.29) is 0 Å². The summed E-state index contributed by atoms with van der Waals surface area (Å²) in [6.07, 6.45) is 1.37. The molecule has 9 heavy (non-hydrogen) atoms. The molecule has 1 saturated carbocycles. The topological polar surface area (TPSA) is 12.0 Å². The van der Waals surface area contributed by atoms with E-state index in [1.54, 1.807) is 0 Å². The maximum absolute atomic E-state index is 3.34. The lowest BCUT2D eigenvalue weighted by molar-refractivity contribution is 0.0449. The molecule has 1 rings (SSSR count). The lowest BCUT2D eigenvalue weighted by atomic mass is 9.61. The molecule has 0 saturated heterocycles. The Morgan fingerprint density at radius 2 is 2.00 bits per heavy atom. The molecule has 0 spiro atoms. The van der Waals surface area contributed by atoms with Crippen LogP contribution in [0.1, 0.15) is 27.2 Å². The van der Waals surface area contributed by atoms with Crippen LogP contribution < -0.4 is 5.32 Å². The van der Waals surface area contributed by atoms with Gasteiger partial charge in [0.05, 0.1) is 0 Å². The molecular weight excluding hydrogens is 110 g/mol. The van der Waals surface area contributed by atoms with Gasteiger partial charge in [-0.1, -0.05) is 20.8 Å². The molecule has 2 atom stereocenters. The third-order valence-electron chi connectivity index (χ3n) is 2.57. The Kier molecular flexibility index (Phi) is 1.55. The van der Waals surface area contributed by atoms with Crippen LogP contribution in [0.4, 0.5) is 0 Å². The van der Waals surface area contributed by atoms with Gasteiger partial charge in [0.25, 0.3) is 0 Å². The summed E-state index contributed by atoms with van der Waals surface area (Å²) in [5.41, 5.74) is 0.550. The lowest BCUT2D eigenvalue weighted by Gasteiger charge is -2.50. The Morgan fingerprint density at radius 3 is 2.11 bits per heavy atom. The van der Waals surface area contributed by atoms with E-state index in [4.69, 9.17) is 0 Å². The van der Waals surface area contributed by atoms with Crippen molar-refractivity contribution >= 4 is 0 Å². The molecule has 2 unspecified atom stereocenters. The van der Waals surface area contributed by atoms with E-state index >= 15 is 0 Å². The summed E-state index contributed by atoms with van der Waals surface area (Å²) in [6.45, 7) is 6.97. The highest BCUT2D eigenvalue weighted by Crippen LogP contribution is 2.44. The summed E-state index contributed by atoms with van der Waals surface area (Å²) in [6, 6.07) is 0.748. The minimum atomic E-state index is 0.550. The minimum Gasteiger partial charge on any atom is -0.316 e. The van der Waals surface area contributed by atoms with Crippen molar-refractivity contribution in [3.63, 3.8) is 0 Å². The first-order chi connectivity index (χ1) is 4.08. The predicted molar refractivity (Wildman–Crippen MR) is 40.4 cm³/mol. The van der Waals surface area contributed by atoms with Crippen LogP contribution in [0.5, 0.6) is 0 Å². The fraction of sp³-hybridized carbons (Fsp3) is 1.00. The number of rotatable bonds is 1. The molecule has 1 aliphatic carbocycles. The first-order valence-electron chi connectivity index (χ1n) is 3.75. The zero-order valence-electron chi connectivity index (χ0n) is 6.86. The van der Waals surface area contributed by atoms with Crippen molar-refractivity contribution in [2.75, 3.05) is 7.05 Å². The van der Waals surface area contributed by atoms with E-state index in [9.17, 15) is 0 Å². The number of hydrogen-bond donors (Lipinski definition) is 1. The van der Waals surface area contributed by atoms with Crippen molar-refractivity contribution in [3.8, 4) is 0 Å².